The lowest BCUT2D eigenvalue weighted by Gasteiger charge is -2.18. The van der Waals surface area contributed by atoms with Gasteiger partial charge in [-0.2, -0.15) is 0 Å². The van der Waals surface area contributed by atoms with E-state index >= 15 is 0 Å². The summed E-state index contributed by atoms with van der Waals surface area (Å²) < 4.78 is 5.07. The molecule has 1 atom stereocenters. The molecule has 120 valence electrons. The minimum Gasteiger partial charge on any atom is -0.495 e. The molecule has 0 aromatic heterocycles. The van der Waals surface area contributed by atoms with Gasteiger partial charge in [0.25, 0.3) is 0 Å². The first-order valence-electron chi connectivity index (χ1n) is 7.39. The predicted molar refractivity (Wildman–Crippen MR) is 86.2 cm³/mol. The zero-order valence-corrected chi connectivity index (χ0v) is 13.8. The number of nitrogens with one attached hydrogen (secondary N) is 2. The number of carbonyl (C=O) groups excluding carboxylic acids is 2. The molecular weight excluding hydrogens is 304 g/mol. The van der Waals surface area contributed by atoms with Gasteiger partial charge >= 0.3 is 0 Å². The SMILES string of the molecule is CCC(C)NC(=O)C1(C(=O)Nc2ccc(OC)c(Cl)c2)CC1. The van der Waals surface area contributed by atoms with Gasteiger partial charge in [-0.15, -0.1) is 0 Å². The molecule has 6 heteroatoms. The Kier molecular flexibility index (Phi) is 4.96. The van der Waals surface area contributed by atoms with Gasteiger partial charge in [0.1, 0.15) is 11.2 Å². The van der Waals surface area contributed by atoms with Crippen LogP contribution in [0.1, 0.15) is 33.1 Å². The third-order valence-corrected chi connectivity index (χ3v) is 4.31. The van der Waals surface area contributed by atoms with Crippen LogP contribution >= 0.6 is 11.6 Å². The summed E-state index contributed by atoms with van der Waals surface area (Å²) in [5.74, 6) is 0.0591. The summed E-state index contributed by atoms with van der Waals surface area (Å²) in [6, 6.07) is 5.05. The topological polar surface area (TPSA) is 67.4 Å². The van der Waals surface area contributed by atoms with Crippen LogP contribution in [-0.2, 0) is 9.59 Å². The van der Waals surface area contributed by atoms with Crippen LogP contribution in [0.25, 0.3) is 0 Å². The standard InChI is InChI=1S/C16H21ClN2O3/c1-4-10(2)18-14(20)16(7-8-16)15(21)19-11-5-6-13(22-3)12(17)9-11/h5-6,9-10H,4,7-8H2,1-3H3,(H,18,20)(H,19,21). The van der Waals surface area contributed by atoms with Gasteiger partial charge in [-0.1, -0.05) is 18.5 Å². The van der Waals surface area contributed by atoms with E-state index < -0.39 is 5.41 Å². The number of ether oxygens (including phenoxy) is 1. The molecule has 5 nitrogen and oxygen atoms in total. The van der Waals surface area contributed by atoms with Crippen molar-refractivity contribution < 1.29 is 14.3 Å². The Labute approximate surface area is 135 Å². The fourth-order valence-electron chi connectivity index (χ4n) is 2.14. The number of benzene rings is 1. The average molecular weight is 325 g/mol. The molecule has 1 unspecified atom stereocenters. The predicted octanol–water partition coefficient (Wildman–Crippen LogP) is 2.98. The molecule has 1 aliphatic carbocycles. The molecule has 2 N–H and O–H groups in total. The molecule has 1 aromatic rings. The van der Waals surface area contributed by atoms with Crippen molar-refractivity contribution >= 4 is 29.1 Å². The molecule has 22 heavy (non-hydrogen) atoms. The zero-order valence-electron chi connectivity index (χ0n) is 13.0. The first-order chi connectivity index (χ1) is 10.4. The highest BCUT2D eigenvalue weighted by molar-refractivity contribution is 6.32. The van der Waals surface area contributed by atoms with Crippen molar-refractivity contribution in [2.75, 3.05) is 12.4 Å². The summed E-state index contributed by atoms with van der Waals surface area (Å²) in [5.41, 5.74) is -0.381. The summed E-state index contributed by atoms with van der Waals surface area (Å²) in [5, 5.41) is 6.06. The number of carbonyl (C=O) groups is 2. The van der Waals surface area contributed by atoms with Gasteiger partial charge in [0, 0.05) is 11.7 Å². The van der Waals surface area contributed by atoms with Crippen molar-refractivity contribution in [1.29, 1.82) is 0 Å². The van der Waals surface area contributed by atoms with Gasteiger partial charge in [0.15, 0.2) is 0 Å². The van der Waals surface area contributed by atoms with Crippen molar-refractivity contribution in [1.82, 2.24) is 5.32 Å². The second kappa shape index (κ2) is 6.57. The number of rotatable bonds is 6. The van der Waals surface area contributed by atoms with Crippen molar-refractivity contribution in [2.45, 2.75) is 39.2 Å². The number of hydrogen-bond acceptors (Lipinski definition) is 3. The lowest BCUT2D eigenvalue weighted by atomic mass is 10.0. The summed E-state index contributed by atoms with van der Waals surface area (Å²) in [6.07, 6.45) is 1.98. The zero-order chi connectivity index (χ0) is 16.3. The third-order valence-electron chi connectivity index (χ3n) is 4.02. The van der Waals surface area contributed by atoms with Crippen molar-refractivity contribution in [3.05, 3.63) is 23.2 Å². The summed E-state index contributed by atoms with van der Waals surface area (Å²) in [6.45, 7) is 3.92. The molecule has 0 spiro atoms. The smallest absolute Gasteiger partial charge is 0.240 e. The molecule has 1 aliphatic rings. The molecule has 0 aliphatic heterocycles. The maximum Gasteiger partial charge on any atom is 0.240 e. The average Bonchev–Trinajstić information content (AvgIpc) is 3.29. The lowest BCUT2D eigenvalue weighted by molar-refractivity contribution is -0.134. The summed E-state index contributed by atoms with van der Waals surface area (Å²) in [4.78, 5) is 24.7. The van der Waals surface area contributed by atoms with Gasteiger partial charge in [-0.3, -0.25) is 9.59 Å². The second-order valence-corrected chi connectivity index (χ2v) is 6.08. The number of hydrogen-bond donors (Lipinski definition) is 2. The van der Waals surface area contributed by atoms with E-state index in [1.807, 2.05) is 13.8 Å². The van der Waals surface area contributed by atoms with Gasteiger partial charge < -0.3 is 15.4 Å². The fraction of sp³-hybridized carbons (Fsp3) is 0.500. The van der Waals surface area contributed by atoms with E-state index in [-0.39, 0.29) is 17.9 Å². The van der Waals surface area contributed by atoms with Gasteiger partial charge in [0.2, 0.25) is 11.8 Å². The number of anilines is 1. The highest BCUT2D eigenvalue weighted by Crippen LogP contribution is 2.47. The normalized spacial score (nSPS) is 16.5. The van der Waals surface area contributed by atoms with Crippen LogP contribution in [0.4, 0.5) is 5.69 Å². The molecule has 0 heterocycles. The van der Waals surface area contributed by atoms with E-state index in [1.165, 1.54) is 7.11 Å². The Bertz CT molecular complexity index is 585. The molecule has 1 fully saturated rings. The summed E-state index contributed by atoms with van der Waals surface area (Å²) in [7, 11) is 1.53. The molecule has 0 radical (unpaired) electrons. The number of methoxy groups -OCH3 is 1. The van der Waals surface area contributed by atoms with Gasteiger partial charge in [0.05, 0.1) is 12.1 Å². The molecule has 0 saturated heterocycles. The maximum absolute atomic E-state index is 12.4. The van der Waals surface area contributed by atoms with Crippen molar-refractivity contribution in [3.63, 3.8) is 0 Å². The van der Waals surface area contributed by atoms with Crippen LogP contribution in [-0.4, -0.2) is 25.0 Å². The Morgan fingerprint density at radius 1 is 1.36 bits per heavy atom. The minimum absolute atomic E-state index is 0.0632. The van der Waals surface area contributed by atoms with Crippen LogP contribution in [0.5, 0.6) is 5.75 Å². The van der Waals surface area contributed by atoms with Crippen LogP contribution in [0.2, 0.25) is 5.02 Å². The van der Waals surface area contributed by atoms with Gasteiger partial charge in [-0.25, -0.2) is 0 Å². The number of amides is 2. The minimum atomic E-state index is -0.935. The van der Waals surface area contributed by atoms with E-state index in [0.717, 1.165) is 6.42 Å². The van der Waals surface area contributed by atoms with Crippen LogP contribution < -0.4 is 15.4 Å². The van der Waals surface area contributed by atoms with Crippen molar-refractivity contribution in [3.8, 4) is 5.75 Å². The highest BCUT2D eigenvalue weighted by atomic mass is 35.5. The third kappa shape index (κ3) is 3.35. The first kappa shape index (κ1) is 16.6. The Morgan fingerprint density at radius 3 is 2.55 bits per heavy atom. The molecular formula is C16H21ClN2O3. The first-order valence-corrected chi connectivity index (χ1v) is 7.76. The van der Waals surface area contributed by atoms with Crippen LogP contribution in [0.3, 0.4) is 0 Å². The Balaban J connectivity index is 2.05. The largest absolute Gasteiger partial charge is 0.495 e. The second-order valence-electron chi connectivity index (χ2n) is 5.67. The molecule has 2 amide bonds. The summed E-state index contributed by atoms with van der Waals surface area (Å²) >= 11 is 6.04. The maximum atomic E-state index is 12.4. The highest BCUT2D eigenvalue weighted by Gasteiger charge is 2.56. The number of halogens is 1. The Morgan fingerprint density at radius 2 is 2.05 bits per heavy atom. The van der Waals surface area contributed by atoms with E-state index in [4.69, 9.17) is 16.3 Å². The van der Waals surface area contributed by atoms with Crippen LogP contribution in [0, 0.1) is 5.41 Å². The quantitative estimate of drug-likeness (QED) is 0.790. The molecule has 1 saturated carbocycles. The van der Waals surface area contributed by atoms with E-state index in [2.05, 4.69) is 10.6 Å². The monoisotopic (exact) mass is 324 g/mol. The van der Waals surface area contributed by atoms with E-state index in [1.54, 1.807) is 18.2 Å². The molecule has 2 rings (SSSR count). The van der Waals surface area contributed by atoms with Crippen LogP contribution in [0.15, 0.2) is 18.2 Å². The van der Waals surface area contributed by atoms with Crippen molar-refractivity contribution in [2.24, 2.45) is 5.41 Å². The van der Waals surface area contributed by atoms with Gasteiger partial charge in [-0.05, 0) is 44.4 Å². The fourth-order valence-corrected chi connectivity index (χ4v) is 2.40. The van der Waals surface area contributed by atoms with E-state index in [9.17, 15) is 9.59 Å². The lowest BCUT2D eigenvalue weighted by Crippen LogP contribution is -2.43. The van der Waals surface area contributed by atoms with E-state index in [0.29, 0.717) is 29.3 Å². The molecule has 0 bridgehead atoms. The molecule has 1 aromatic carbocycles. The Hall–Kier alpha value is -1.75.